The van der Waals surface area contributed by atoms with Crippen LogP contribution in [0.25, 0.3) is 0 Å². The smallest absolute Gasteiger partial charge is 0.213 e. The van der Waals surface area contributed by atoms with Gasteiger partial charge < -0.3 is 19.9 Å². The maximum absolute atomic E-state index is 5.03. The fraction of sp³-hybridized carbons (Fsp3) is 0.455. The van der Waals surface area contributed by atoms with E-state index in [1.54, 1.807) is 7.11 Å². The Morgan fingerprint density at radius 3 is 2.79 bits per heavy atom. The first-order valence-electron chi connectivity index (χ1n) is 5.85. The monoisotopic (exact) mass is 264 g/mol. The van der Waals surface area contributed by atoms with E-state index in [1.165, 1.54) is 6.39 Å². The zero-order valence-electron chi connectivity index (χ0n) is 10.9. The Hall–Kier alpha value is -2.22. The van der Waals surface area contributed by atoms with Crippen molar-refractivity contribution in [2.45, 2.75) is 13.0 Å². The second-order valence-electron chi connectivity index (χ2n) is 3.76. The molecule has 0 spiro atoms. The van der Waals surface area contributed by atoms with Gasteiger partial charge in [0.25, 0.3) is 0 Å². The van der Waals surface area contributed by atoms with Gasteiger partial charge in [0.15, 0.2) is 11.6 Å². The molecule has 0 aliphatic carbocycles. The number of hydrogen-bond donors (Lipinski definition) is 2. The molecule has 0 aromatic carbocycles. The SMILES string of the molecule is CNc1cc(NCCc2ncon2)nc(COC)n1. The van der Waals surface area contributed by atoms with Gasteiger partial charge in [-0.25, -0.2) is 9.97 Å². The number of rotatable bonds is 7. The van der Waals surface area contributed by atoms with Crippen molar-refractivity contribution in [3.05, 3.63) is 24.1 Å². The fourth-order valence-corrected chi connectivity index (χ4v) is 1.51. The summed E-state index contributed by atoms with van der Waals surface area (Å²) in [5.74, 6) is 2.75. The lowest BCUT2D eigenvalue weighted by Crippen LogP contribution is -2.10. The summed E-state index contributed by atoms with van der Waals surface area (Å²) >= 11 is 0. The summed E-state index contributed by atoms with van der Waals surface area (Å²) in [6.07, 6.45) is 1.98. The van der Waals surface area contributed by atoms with Gasteiger partial charge in [-0.3, -0.25) is 0 Å². The van der Waals surface area contributed by atoms with E-state index in [-0.39, 0.29) is 0 Å². The van der Waals surface area contributed by atoms with Crippen molar-refractivity contribution in [1.29, 1.82) is 0 Å². The molecule has 0 bridgehead atoms. The molecular formula is C11H16N6O2. The van der Waals surface area contributed by atoms with Crippen LogP contribution in [0.3, 0.4) is 0 Å². The van der Waals surface area contributed by atoms with Crippen LogP contribution in [0.2, 0.25) is 0 Å². The zero-order chi connectivity index (χ0) is 13.5. The number of methoxy groups -OCH3 is 1. The summed E-state index contributed by atoms with van der Waals surface area (Å²) in [5.41, 5.74) is 0. The highest BCUT2D eigenvalue weighted by atomic mass is 16.5. The molecule has 2 N–H and O–H groups in total. The van der Waals surface area contributed by atoms with Gasteiger partial charge in [-0.05, 0) is 0 Å². The number of nitrogens with zero attached hydrogens (tertiary/aromatic N) is 4. The molecule has 0 radical (unpaired) electrons. The van der Waals surface area contributed by atoms with E-state index in [0.717, 1.165) is 11.6 Å². The Bertz CT molecular complexity index is 502. The number of anilines is 2. The predicted octanol–water partition coefficient (Wildman–Crippen LogP) is 0.702. The minimum absolute atomic E-state index is 0.370. The average molecular weight is 264 g/mol. The lowest BCUT2D eigenvalue weighted by atomic mass is 10.4. The summed E-state index contributed by atoms with van der Waals surface area (Å²) in [7, 11) is 3.42. The number of nitrogens with one attached hydrogen (secondary N) is 2. The van der Waals surface area contributed by atoms with Crippen LogP contribution in [0.15, 0.2) is 17.0 Å². The summed E-state index contributed by atoms with van der Waals surface area (Å²) in [4.78, 5) is 12.6. The number of ether oxygens (including phenoxy) is 1. The van der Waals surface area contributed by atoms with E-state index >= 15 is 0 Å². The maximum Gasteiger partial charge on any atom is 0.213 e. The molecular weight excluding hydrogens is 248 g/mol. The van der Waals surface area contributed by atoms with Crippen LogP contribution >= 0.6 is 0 Å². The van der Waals surface area contributed by atoms with Crippen LogP contribution in [-0.2, 0) is 17.8 Å². The lowest BCUT2D eigenvalue weighted by Gasteiger charge is -2.08. The third-order valence-electron chi connectivity index (χ3n) is 2.36. The highest BCUT2D eigenvalue weighted by molar-refractivity contribution is 5.47. The van der Waals surface area contributed by atoms with E-state index in [9.17, 15) is 0 Å². The van der Waals surface area contributed by atoms with Crippen molar-refractivity contribution in [2.24, 2.45) is 0 Å². The first-order valence-corrected chi connectivity index (χ1v) is 5.85. The minimum Gasteiger partial charge on any atom is -0.377 e. The van der Waals surface area contributed by atoms with Crippen molar-refractivity contribution < 1.29 is 9.26 Å². The molecule has 0 amide bonds. The third-order valence-corrected chi connectivity index (χ3v) is 2.36. The van der Waals surface area contributed by atoms with Gasteiger partial charge in [0, 0.05) is 33.2 Å². The van der Waals surface area contributed by atoms with Gasteiger partial charge in [-0.15, -0.1) is 0 Å². The molecule has 0 fully saturated rings. The largest absolute Gasteiger partial charge is 0.377 e. The summed E-state index contributed by atoms with van der Waals surface area (Å²) in [5, 5.41) is 9.91. The second kappa shape index (κ2) is 6.64. The Morgan fingerprint density at radius 1 is 1.26 bits per heavy atom. The average Bonchev–Trinajstić information content (AvgIpc) is 2.92. The quantitative estimate of drug-likeness (QED) is 0.754. The second-order valence-corrected chi connectivity index (χ2v) is 3.76. The summed E-state index contributed by atoms with van der Waals surface area (Å²) in [6, 6.07) is 1.83. The summed E-state index contributed by atoms with van der Waals surface area (Å²) in [6.45, 7) is 1.03. The first-order chi connectivity index (χ1) is 9.31. The van der Waals surface area contributed by atoms with Gasteiger partial charge >= 0.3 is 0 Å². The molecule has 8 nitrogen and oxygen atoms in total. The van der Waals surface area contributed by atoms with Gasteiger partial charge in [0.2, 0.25) is 6.39 Å². The van der Waals surface area contributed by atoms with Crippen LogP contribution in [0.1, 0.15) is 11.6 Å². The minimum atomic E-state index is 0.370. The number of aromatic nitrogens is 4. The van der Waals surface area contributed by atoms with E-state index in [2.05, 4.69) is 35.3 Å². The molecule has 0 atom stereocenters. The molecule has 0 aliphatic heterocycles. The fourth-order valence-electron chi connectivity index (χ4n) is 1.51. The van der Waals surface area contributed by atoms with Crippen LogP contribution in [-0.4, -0.2) is 40.8 Å². The van der Waals surface area contributed by atoms with Gasteiger partial charge in [-0.2, -0.15) is 4.98 Å². The van der Waals surface area contributed by atoms with E-state index in [1.807, 2.05) is 13.1 Å². The lowest BCUT2D eigenvalue weighted by molar-refractivity contribution is 0.178. The highest BCUT2D eigenvalue weighted by Crippen LogP contribution is 2.11. The van der Waals surface area contributed by atoms with E-state index < -0.39 is 0 Å². The van der Waals surface area contributed by atoms with Crippen LogP contribution in [0.5, 0.6) is 0 Å². The Balaban J connectivity index is 1.96. The zero-order valence-corrected chi connectivity index (χ0v) is 10.9. The molecule has 0 saturated carbocycles. The highest BCUT2D eigenvalue weighted by Gasteiger charge is 2.04. The maximum atomic E-state index is 5.03. The van der Waals surface area contributed by atoms with Crippen molar-refractivity contribution in [2.75, 3.05) is 31.3 Å². The molecule has 0 unspecified atom stereocenters. The molecule has 0 saturated heterocycles. The molecule has 102 valence electrons. The predicted molar refractivity (Wildman–Crippen MR) is 68.8 cm³/mol. The normalized spacial score (nSPS) is 10.4. The molecule has 2 aromatic rings. The van der Waals surface area contributed by atoms with Gasteiger partial charge in [0.1, 0.15) is 18.2 Å². The van der Waals surface area contributed by atoms with E-state index in [4.69, 9.17) is 4.74 Å². The Kier molecular flexibility index (Phi) is 4.62. The number of hydrogen-bond acceptors (Lipinski definition) is 8. The standard InChI is InChI=1S/C11H16N6O2/c1-12-9-5-10(16-11(15-9)6-18-2)13-4-3-8-14-7-19-17-8/h5,7H,3-4,6H2,1-2H3,(H2,12,13,15,16). The molecule has 2 aromatic heterocycles. The Labute approximate surface area is 110 Å². The molecule has 8 heteroatoms. The topological polar surface area (TPSA) is 98.0 Å². The van der Waals surface area contributed by atoms with Crippen molar-refractivity contribution in [1.82, 2.24) is 20.1 Å². The molecule has 19 heavy (non-hydrogen) atoms. The Morgan fingerprint density at radius 2 is 2.11 bits per heavy atom. The molecule has 2 rings (SSSR count). The molecule has 0 aliphatic rings. The third kappa shape index (κ3) is 3.88. The van der Waals surface area contributed by atoms with Crippen LogP contribution in [0.4, 0.5) is 11.6 Å². The first kappa shape index (κ1) is 13.2. The van der Waals surface area contributed by atoms with Gasteiger partial charge in [0.05, 0.1) is 0 Å². The summed E-state index contributed by atoms with van der Waals surface area (Å²) < 4.78 is 9.70. The van der Waals surface area contributed by atoms with Crippen molar-refractivity contribution >= 4 is 11.6 Å². The van der Waals surface area contributed by atoms with Crippen molar-refractivity contribution in [3.63, 3.8) is 0 Å². The van der Waals surface area contributed by atoms with Gasteiger partial charge in [-0.1, -0.05) is 5.16 Å². The molecule has 2 heterocycles. The van der Waals surface area contributed by atoms with Crippen molar-refractivity contribution in [3.8, 4) is 0 Å². The van der Waals surface area contributed by atoms with Crippen LogP contribution < -0.4 is 10.6 Å². The van der Waals surface area contributed by atoms with Crippen LogP contribution in [0, 0.1) is 0 Å². The van der Waals surface area contributed by atoms with E-state index in [0.29, 0.717) is 31.2 Å².